The Kier molecular flexibility index (Phi) is 3.37. The predicted molar refractivity (Wildman–Crippen MR) is 82.4 cm³/mol. The van der Waals surface area contributed by atoms with Crippen LogP contribution in [0.1, 0.15) is 31.9 Å². The molecule has 0 saturated carbocycles. The second-order valence-electron chi connectivity index (χ2n) is 5.70. The smallest absolute Gasteiger partial charge is 0.130 e. The molecule has 96 valence electrons. The fourth-order valence-electron chi connectivity index (χ4n) is 2.15. The number of anilines is 1. The molecular formula is C15H19BrN2. The second kappa shape index (κ2) is 4.54. The SMILES string of the molecule is CNc1nc2c(Br)cc(C)cc2cc1C(C)(C)C. The van der Waals surface area contributed by atoms with Gasteiger partial charge in [0.2, 0.25) is 0 Å². The van der Waals surface area contributed by atoms with Gasteiger partial charge in [-0.05, 0) is 52.0 Å². The Morgan fingerprint density at radius 3 is 2.39 bits per heavy atom. The van der Waals surface area contributed by atoms with Gasteiger partial charge in [-0.1, -0.05) is 20.8 Å². The molecule has 0 aliphatic heterocycles. The average molecular weight is 307 g/mol. The first-order valence-electron chi connectivity index (χ1n) is 6.12. The van der Waals surface area contributed by atoms with Crippen molar-refractivity contribution in [1.82, 2.24) is 4.98 Å². The van der Waals surface area contributed by atoms with Crippen molar-refractivity contribution < 1.29 is 0 Å². The third kappa shape index (κ3) is 2.37. The lowest BCUT2D eigenvalue weighted by molar-refractivity contribution is 0.591. The molecule has 0 saturated heterocycles. The molecule has 0 radical (unpaired) electrons. The molecule has 3 heteroatoms. The number of aryl methyl sites for hydroxylation is 1. The number of hydrogen-bond acceptors (Lipinski definition) is 2. The molecule has 0 spiro atoms. The largest absolute Gasteiger partial charge is 0.373 e. The lowest BCUT2D eigenvalue weighted by Gasteiger charge is -2.23. The standard InChI is InChI=1S/C15H19BrN2/c1-9-6-10-8-11(15(2,3)4)14(17-5)18-13(10)12(16)7-9/h6-8H,1-5H3,(H,17,18). The van der Waals surface area contributed by atoms with E-state index < -0.39 is 0 Å². The van der Waals surface area contributed by atoms with Crippen LogP contribution in [0.2, 0.25) is 0 Å². The minimum Gasteiger partial charge on any atom is -0.373 e. The Balaban J connectivity index is 2.81. The highest BCUT2D eigenvalue weighted by Gasteiger charge is 2.20. The van der Waals surface area contributed by atoms with E-state index >= 15 is 0 Å². The lowest BCUT2D eigenvalue weighted by Crippen LogP contribution is -2.15. The molecule has 0 atom stereocenters. The van der Waals surface area contributed by atoms with Crippen molar-refractivity contribution >= 4 is 32.7 Å². The van der Waals surface area contributed by atoms with Crippen molar-refractivity contribution in [2.45, 2.75) is 33.1 Å². The summed E-state index contributed by atoms with van der Waals surface area (Å²) in [5.41, 5.74) is 3.58. The van der Waals surface area contributed by atoms with E-state index in [1.54, 1.807) is 0 Å². The van der Waals surface area contributed by atoms with Crippen LogP contribution in [0.3, 0.4) is 0 Å². The molecule has 1 N–H and O–H groups in total. The topological polar surface area (TPSA) is 24.9 Å². The maximum Gasteiger partial charge on any atom is 0.130 e. The number of rotatable bonds is 1. The van der Waals surface area contributed by atoms with Crippen molar-refractivity contribution in [1.29, 1.82) is 0 Å². The molecule has 0 aliphatic rings. The highest BCUT2D eigenvalue weighted by atomic mass is 79.9. The Bertz CT molecular complexity index is 597. The molecule has 1 heterocycles. The number of halogens is 1. The molecule has 2 aromatic rings. The zero-order chi connectivity index (χ0) is 13.5. The summed E-state index contributed by atoms with van der Waals surface area (Å²) in [5, 5.41) is 4.39. The molecule has 1 aromatic heterocycles. The maximum absolute atomic E-state index is 4.74. The first kappa shape index (κ1) is 13.3. The zero-order valence-electron chi connectivity index (χ0n) is 11.6. The van der Waals surface area contributed by atoms with Gasteiger partial charge in [0.05, 0.1) is 5.52 Å². The molecule has 0 amide bonds. The van der Waals surface area contributed by atoms with Gasteiger partial charge < -0.3 is 5.32 Å². The van der Waals surface area contributed by atoms with E-state index in [-0.39, 0.29) is 5.41 Å². The molecule has 2 rings (SSSR count). The van der Waals surface area contributed by atoms with Crippen LogP contribution in [0.5, 0.6) is 0 Å². The summed E-state index contributed by atoms with van der Waals surface area (Å²) < 4.78 is 1.05. The van der Waals surface area contributed by atoms with E-state index in [0.29, 0.717) is 0 Å². The summed E-state index contributed by atoms with van der Waals surface area (Å²) in [6, 6.07) is 6.53. The van der Waals surface area contributed by atoms with Gasteiger partial charge in [0, 0.05) is 22.5 Å². The van der Waals surface area contributed by atoms with Crippen LogP contribution in [-0.4, -0.2) is 12.0 Å². The average Bonchev–Trinajstić information content (AvgIpc) is 2.26. The third-order valence-corrected chi connectivity index (χ3v) is 3.67. The van der Waals surface area contributed by atoms with Crippen molar-refractivity contribution in [2.75, 3.05) is 12.4 Å². The number of nitrogens with zero attached hydrogens (tertiary/aromatic N) is 1. The third-order valence-electron chi connectivity index (χ3n) is 3.06. The van der Waals surface area contributed by atoms with Gasteiger partial charge in [0.15, 0.2) is 0 Å². The molecule has 0 aliphatic carbocycles. The Labute approximate surface area is 117 Å². The summed E-state index contributed by atoms with van der Waals surface area (Å²) >= 11 is 3.60. The van der Waals surface area contributed by atoms with Crippen LogP contribution in [0.25, 0.3) is 10.9 Å². The van der Waals surface area contributed by atoms with Gasteiger partial charge in [-0.2, -0.15) is 0 Å². The van der Waals surface area contributed by atoms with Gasteiger partial charge in [-0.3, -0.25) is 0 Å². The fourth-order valence-corrected chi connectivity index (χ4v) is 2.83. The van der Waals surface area contributed by atoms with Gasteiger partial charge in [-0.25, -0.2) is 4.98 Å². The number of hydrogen-bond donors (Lipinski definition) is 1. The normalized spacial score (nSPS) is 11.9. The highest BCUT2D eigenvalue weighted by Crippen LogP contribution is 2.33. The van der Waals surface area contributed by atoms with Crippen LogP contribution in [0.4, 0.5) is 5.82 Å². The number of fused-ring (bicyclic) bond motifs is 1. The molecule has 2 nitrogen and oxygen atoms in total. The summed E-state index contributed by atoms with van der Waals surface area (Å²) in [6.45, 7) is 8.73. The van der Waals surface area contributed by atoms with Crippen LogP contribution in [0.15, 0.2) is 22.7 Å². The van der Waals surface area contributed by atoms with Crippen molar-refractivity contribution in [2.24, 2.45) is 0 Å². The molecule has 1 aromatic carbocycles. The van der Waals surface area contributed by atoms with E-state index in [0.717, 1.165) is 15.8 Å². The van der Waals surface area contributed by atoms with E-state index in [9.17, 15) is 0 Å². The van der Waals surface area contributed by atoms with Crippen molar-refractivity contribution in [3.63, 3.8) is 0 Å². The Hall–Kier alpha value is -1.09. The predicted octanol–water partition coefficient (Wildman–Crippen LogP) is 4.64. The Morgan fingerprint density at radius 1 is 1.17 bits per heavy atom. The van der Waals surface area contributed by atoms with Crippen LogP contribution >= 0.6 is 15.9 Å². The van der Waals surface area contributed by atoms with Crippen LogP contribution in [-0.2, 0) is 5.41 Å². The number of pyridine rings is 1. The van der Waals surface area contributed by atoms with E-state index in [1.165, 1.54) is 16.5 Å². The molecule has 0 fully saturated rings. The van der Waals surface area contributed by atoms with Crippen LogP contribution in [0, 0.1) is 6.92 Å². The summed E-state index contributed by atoms with van der Waals surface area (Å²) in [4.78, 5) is 4.74. The number of aromatic nitrogens is 1. The Morgan fingerprint density at radius 2 is 1.83 bits per heavy atom. The van der Waals surface area contributed by atoms with Gasteiger partial charge in [0.25, 0.3) is 0 Å². The minimum atomic E-state index is 0.0791. The lowest BCUT2D eigenvalue weighted by atomic mass is 9.86. The zero-order valence-corrected chi connectivity index (χ0v) is 13.1. The van der Waals surface area contributed by atoms with Gasteiger partial charge >= 0.3 is 0 Å². The first-order chi connectivity index (χ1) is 8.32. The monoisotopic (exact) mass is 306 g/mol. The van der Waals surface area contributed by atoms with E-state index in [2.05, 4.69) is 67.1 Å². The molecule has 0 unspecified atom stereocenters. The fraction of sp³-hybridized carbons (Fsp3) is 0.400. The summed E-state index contributed by atoms with van der Waals surface area (Å²) in [5.74, 6) is 0.958. The summed E-state index contributed by atoms with van der Waals surface area (Å²) in [7, 11) is 1.92. The highest BCUT2D eigenvalue weighted by molar-refractivity contribution is 9.10. The van der Waals surface area contributed by atoms with E-state index in [4.69, 9.17) is 4.98 Å². The van der Waals surface area contributed by atoms with Crippen LogP contribution < -0.4 is 5.32 Å². The van der Waals surface area contributed by atoms with Crippen molar-refractivity contribution in [3.8, 4) is 0 Å². The number of nitrogens with one attached hydrogen (secondary N) is 1. The number of benzene rings is 1. The minimum absolute atomic E-state index is 0.0791. The van der Waals surface area contributed by atoms with Crippen molar-refractivity contribution in [3.05, 3.63) is 33.8 Å². The molecular weight excluding hydrogens is 288 g/mol. The molecule has 18 heavy (non-hydrogen) atoms. The van der Waals surface area contributed by atoms with Gasteiger partial charge in [0.1, 0.15) is 5.82 Å². The first-order valence-corrected chi connectivity index (χ1v) is 6.91. The molecule has 0 bridgehead atoms. The second-order valence-corrected chi connectivity index (χ2v) is 6.56. The van der Waals surface area contributed by atoms with E-state index in [1.807, 2.05) is 7.05 Å². The summed E-state index contributed by atoms with van der Waals surface area (Å²) in [6.07, 6.45) is 0. The maximum atomic E-state index is 4.74. The van der Waals surface area contributed by atoms with Gasteiger partial charge in [-0.15, -0.1) is 0 Å². The quantitative estimate of drug-likeness (QED) is 0.830.